The van der Waals surface area contributed by atoms with E-state index in [1.165, 1.54) is 12.4 Å². The number of imide groups is 1. The molecule has 1 atom stereocenters. The Hall–Kier alpha value is -5.45. The topological polar surface area (TPSA) is 174 Å². The zero-order chi connectivity index (χ0) is 39.0. The number of amides is 3. The molecule has 1 unspecified atom stereocenters. The van der Waals surface area contributed by atoms with Crippen molar-refractivity contribution in [2.24, 2.45) is 0 Å². The zero-order valence-corrected chi connectivity index (χ0v) is 31.1. The van der Waals surface area contributed by atoms with E-state index >= 15 is 0 Å². The number of carbonyl (C=O) groups is 3. The number of hydrogen-bond donors (Lipinski definition) is 2. The second-order valence-corrected chi connectivity index (χ2v) is 15.6. The molecule has 1 aliphatic heterocycles. The Kier molecular flexibility index (Phi) is 10.5. The summed E-state index contributed by atoms with van der Waals surface area (Å²) in [6.07, 6.45) is 4.24. The highest BCUT2D eigenvalue weighted by atomic mass is 19.2. The highest BCUT2D eigenvalue weighted by molar-refractivity contribution is 6.11. The lowest BCUT2D eigenvalue weighted by Gasteiger charge is -2.44. The molecule has 1 saturated carbocycles. The van der Waals surface area contributed by atoms with Crippen LogP contribution in [0.15, 0.2) is 43.1 Å². The number of piperidine rings is 1. The quantitative estimate of drug-likeness (QED) is 0.186. The number of rotatable bonds is 9. The number of alkyl carbamates (subject to hydrolysis) is 1. The van der Waals surface area contributed by atoms with Gasteiger partial charge in [0.15, 0.2) is 28.6 Å². The maximum Gasteiger partial charge on any atom is 0.425 e. The predicted octanol–water partition coefficient (Wildman–Crippen LogP) is 6.68. The molecular weight excluding hydrogens is 706 g/mol. The van der Waals surface area contributed by atoms with Gasteiger partial charge in [-0.15, -0.1) is 0 Å². The molecule has 6 rings (SSSR count). The van der Waals surface area contributed by atoms with Gasteiger partial charge in [-0.2, -0.15) is 4.90 Å². The summed E-state index contributed by atoms with van der Waals surface area (Å²) in [5, 5.41) is 13.1. The number of carbonyl (C=O) groups excluding carboxylic acids is 2. The number of ether oxygens (including phenoxy) is 3. The summed E-state index contributed by atoms with van der Waals surface area (Å²) >= 11 is 0. The number of benzene rings is 1. The Morgan fingerprint density at radius 2 is 1.74 bits per heavy atom. The van der Waals surface area contributed by atoms with Gasteiger partial charge in [0, 0.05) is 18.7 Å². The number of nitrogens with zero attached hydrogens (tertiary/aromatic N) is 7. The first-order valence-electron chi connectivity index (χ1n) is 17.6. The monoisotopic (exact) mass is 750 g/mol. The van der Waals surface area contributed by atoms with Crippen LogP contribution in [0.4, 0.5) is 34.7 Å². The molecular formula is C37H44F2N8O7. The highest BCUT2D eigenvalue weighted by Gasteiger charge is 2.41. The molecule has 17 heteroatoms. The van der Waals surface area contributed by atoms with Gasteiger partial charge in [-0.25, -0.2) is 38.1 Å². The van der Waals surface area contributed by atoms with E-state index in [0.717, 1.165) is 31.3 Å². The van der Waals surface area contributed by atoms with Crippen molar-refractivity contribution >= 4 is 40.9 Å². The average Bonchev–Trinajstić information content (AvgIpc) is 3.82. The van der Waals surface area contributed by atoms with Crippen LogP contribution in [0, 0.1) is 11.6 Å². The van der Waals surface area contributed by atoms with Gasteiger partial charge < -0.3 is 34.1 Å². The first-order valence-corrected chi connectivity index (χ1v) is 17.6. The van der Waals surface area contributed by atoms with E-state index in [9.17, 15) is 28.3 Å². The van der Waals surface area contributed by atoms with Crippen LogP contribution < -0.4 is 15.1 Å². The van der Waals surface area contributed by atoms with Crippen LogP contribution in [0.1, 0.15) is 72.8 Å². The van der Waals surface area contributed by atoms with Crippen LogP contribution in [-0.4, -0.2) is 90.4 Å². The van der Waals surface area contributed by atoms with Gasteiger partial charge in [-0.1, -0.05) is 0 Å². The molecule has 15 nitrogen and oxygen atoms in total. The summed E-state index contributed by atoms with van der Waals surface area (Å²) in [5.41, 5.74) is -0.210. The summed E-state index contributed by atoms with van der Waals surface area (Å²) in [5.74, 6) is -2.31. The largest absolute Gasteiger partial charge is 0.464 e. The van der Waals surface area contributed by atoms with Crippen molar-refractivity contribution in [2.75, 3.05) is 29.5 Å². The molecule has 1 saturated heterocycles. The van der Waals surface area contributed by atoms with Crippen molar-refractivity contribution in [2.45, 2.75) is 96.6 Å². The van der Waals surface area contributed by atoms with Crippen molar-refractivity contribution in [3.8, 4) is 11.3 Å². The fourth-order valence-corrected chi connectivity index (χ4v) is 6.23. The predicted molar refractivity (Wildman–Crippen MR) is 193 cm³/mol. The Labute approximate surface area is 310 Å². The van der Waals surface area contributed by atoms with Gasteiger partial charge in [-0.3, -0.25) is 4.98 Å². The molecule has 54 heavy (non-hydrogen) atoms. The normalized spacial score (nSPS) is 17.7. The van der Waals surface area contributed by atoms with Crippen molar-refractivity contribution in [3.05, 3.63) is 60.3 Å². The van der Waals surface area contributed by atoms with Gasteiger partial charge in [0.25, 0.3) is 0 Å². The number of nitrogens with one attached hydrogen (secondary N) is 1. The smallest absolute Gasteiger partial charge is 0.425 e. The number of anilines is 2. The molecule has 3 amide bonds. The highest BCUT2D eigenvalue weighted by Crippen LogP contribution is 2.34. The summed E-state index contributed by atoms with van der Waals surface area (Å²) in [6, 6.07) is 5.27. The average molecular weight is 751 g/mol. The number of hydrogen-bond acceptors (Lipinski definition) is 11. The first kappa shape index (κ1) is 38.3. The minimum atomic E-state index is -1.62. The minimum Gasteiger partial charge on any atom is -0.464 e. The van der Waals surface area contributed by atoms with Gasteiger partial charge in [0.05, 0.1) is 48.7 Å². The van der Waals surface area contributed by atoms with E-state index in [1.54, 1.807) is 58.4 Å². The molecule has 1 aromatic carbocycles. The van der Waals surface area contributed by atoms with E-state index in [0.29, 0.717) is 53.3 Å². The Balaban J connectivity index is 1.39. The molecule has 4 heterocycles. The lowest BCUT2D eigenvalue weighted by molar-refractivity contribution is 0.0209. The van der Waals surface area contributed by atoms with Crippen molar-refractivity contribution in [1.29, 1.82) is 0 Å². The molecule has 0 bridgehead atoms. The SMILES string of the molecule is CC(C)(C)OC(=O)NC1(COC2CC2)CCCN(c2cnc(-c3ccc(F)c(F)c3)cc2Cn2cnc3c(N(C(=O)O)C(=O)OC(C)(C)C)ncnc32)C1. The number of imidazole rings is 1. The molecule has 4 aromatic rings. The van der Waals surface area contributed by atoms with Crippen LogP contribution in [0.3, 0.4) is 0 Å². The zero-order valence-electron chi connectivity index (χ0n) is 31.1. The van der Waals surface area contributed by atoms with Gasteiger partial charge in [0.2, 0.25) is 0 Å². The summed E-state index contributed by atoms with van der Waals surface area (Å²) in [7, 11) is 0. The fraction of sp³-hybridized carbons (Fsp3) is 0.486. The third kappa shape index (κ3) is 9.01. The van der Waals surface area contributed by atoms with Crippen LogP contribution in [0.2, 0.25) is 0 Å². The van der Waals surface area contributed by atoms with E-state index in [-0.39, 0.29) is 36.2 Å². The molecule has 0 radical (unpaired) electrons. The number of fused-ring (bicyclic) bond motifs is 1. The minimum absolute atomic E-state index is 0.0259. The van der Waals surface area contributed by atoms with E-state index in [4.69, 9.17) is 14.2 Å². The van der Waals surface area contributed by atoms with Gasteiger partial charge in [0.1, 0.15) is 17.5 Å². The van der Waals surface area contributed by atoms with Crippen molar-refractivity contribution < 1.29 is 42.5 Å². The Morgan fingerprint density at radius 1 is 1.00 bits per heavy atom. The fourth-order valence-electron chi connectivity index (χ4n) is 6.23. The second kappa shape index (κ2) is 14.8. The van der Waals surface area contributed by atoms with E-state index in [1.807, 2.05) is 0 Å². The number of pyridine rings is 1. The molecule has 2 aliphatic rings. The Bertz CT molecular complexity index is 2060. The molecule has 2 N–H and O–H groups in total. The first-order chi connectivity index (χ1) is 25.4. The van der Waals surface area contributed by atoms with Gasteiger partial charge in [-0.05, 0) is 97.1 Å². The molecule has 3 aromatic heterocycles. The summed E-state index contributed by atoms with van der Waals surface area (Å²) < 4.78 is 47.1. The number of carboxylic acid groups (broad SMARTS) is 1. The standard InChI is InChI=1S/C37H44F2N8O7/c1-35(2,3)53-32(48)44-37(19-52-24-9-10-24)12-7-13-45(18-37)28-16-40-27(22-8-11-25(38)26(39)14-22)15-23(28)17-46-21-43-29-30(46)41-20-42-31(29)47(33(49)50)34(51)54-36(4,5)6/h8,11,14-16,20-21,24H,7,9-10,12-13,17-19H2,1-6H3,(H,44,48)(H,49,50). The lowest BCUT2D eigenvalue weighted by atomic mass is 9.89. The van der Waals surface area contributed by atoms with E-state index in [2.05, 4.69) is 30.2 Å². The Morgan fingerprint density at radius 3 is 2.41 bits per heavy atom. The van der Waals surface area contributed by atoms with Crippen LogP contribution in [0.25, 0.3) is 22.4 Å². The number of halogens is 2. The lowest BCUT2D eigenvalue weighted by Crippen LogP contribution is -2.62. The van der Waals surface area contributed by atoms with E-state index < -0.39 is 46.7 Å². The molecule has 0 spiro atoms. The van der Waals surface area contributed by atoms with Crippen LogP contribution in [-0.2, 0) is 20.8 Å². The summed E-state index contributed by atoms with van der Waals surface area (Å²) in [6.45, 7) is 11.5. The third-order valence-corrected chi connectivity index (χ3v) is 8.69. The van der Waals surface area contributed by atoms with Crippen LogP contribution in [0.5, 0.6) is 0 Å². The number of aromatic nitrogens is 5. The maximum atomic E-state index is 14.4. The third-order valence-electron chi connectivity index (χ3n) is 8.69. The van der Waals surface area contributed by atoms with Gasteiger partial charge >= 0.3 is 18.3 Å². The molecule has 1 aliphatic carbocycles. The van der Waals surface area contributed by atoms with Crippen molar-refractivity contribution in [1.82, 2.24) is 29.8 Å². The molecule has 288 valence electrons. The van der Waals surface area contributed by atoms with Crippen LogP contribution >= 0.6 is 0 Å². The van der Waals surface area contributed by atoms with Crippen molar-refractivity contribution in [3.63, 3.8) is 0 Å². The summed E-state index contributed by atoms with van der Waals surface area (Å²) in [4.78, 5) is 58.4. The molecule has 2 fully saturated rings. The maximum absolute atomic E-state index is 14.4. The second-order valence-electron chi connectivity index (χ2n) is 15.6.